The Morgan fingerprint density at radius 3 is 2.68 bits per heavy atom. The fraction of sp³-hybridized carbons (Fsp3) is 0.308. The van der Waals surface area contributed by atoms with E-state index in [1.54, 1.807) is 12.1 Å². The lowest BCUT2D eigenvalue weighted by atomic mass is 10.3. The Labute approximate surface area is 122 Å². The summed E-state index contributed by atoms with van der Waals surface area (Å²) in [6, 6.07) is 5.43. The number of fused-ring (bicyclic) bond motifs is 1. The van der Waals surface area contributed by atoms with E-state index in [0.29, 0.717) is 6.54 Å². The number of para-hydroxylation sites is 2. The number of nitrogens with one attached hydrogen (secondary N) is 1. The summed E-state index contributed by atoms with van der Waals surface area (Å²) >= 11 is 0. The number of halogens is 3. The zero-order valence-corrected chi connectivity index (χ0v) is 11.2. The van der Waals surface area contributed by atoms with Crippen molar-refractivity contribution in [2.75, 3.05) is 13.1 Å². The van der Waals surface area contributed by atoms with Gasteiger partial charge in [-0.15, -0.1) is 0 Å². The van der Waals surface area contributed by atoms with Gasteiger partial charge in [0.05, 0.1) is 11.0 Å². The van der Waals surface area contributed by atoms with E-state index >= 15 is 0 Å². The minimum atomic E-state index is -4.69. The van der Waals surface area contributed by atoms with Crippen molar-refractivity contribution in [2.24, 2.45) is 0 Å². The third-order valence-corrected chi connectivity index (χ3v) is 3.36. The zero-order valence-electron chi connectivity index (χ0n) is 11.2. The first-order valence-electron chi connectivity index (χ1n) is 6.48. The summed E-state index contributed by atoms with van der Waals surface area (Å²) in [6.07, 6.45) is -4.69. The number of imide groups is 1. The minimum absolute atomic E-state index is 0.144. The Morgan fingerprint density at radius 1 is 1.32 bits per heavy atom. The van der Waals surface area contributed by atoms with Crippen molar-refractivity contribution in [2.45, 2.75) is 12.7 Å². The van der Waals surface area contributed by atoms with Crippen LogP contribution in [0.1, 0.15) is 5.82 Å². The molecular weight excluding hydrogens is 301 g/mol. The van der Waals surface area contributed by atoms with Crippen LogP contribution in [0.2, 0.25) is 0 Å². The van der Waals surface area contributed by atoms with E-state index < -0.39 is 30.5 Å². The number of nitrogens with zero attached hydrogens (tertiary/aromatic N) is 3. The van der Waals surface area contributed by atoms with Crippen LogP contribution in [0.4, 0.5) is 18.0 Å². The van der Waals surface area contributed by atoms with Gasteiger partial charge in [-0.25, -0.2) is 9.78 Å². The van der Waals surface area contributed by atoms with Crippen LogP contribution in [0.3, 0.4) is 0 Å². The van der Waals surface area contributed by atoms with Crippen LogP contribution in [0.25, 0.3) is 11.0 Å². The predicted molar refractivity (Wildman–Crippen MR) is 69.8 cm³/mol. The van der Waals surface area contributed by atoms with E-state index in [2.05, 4.69) is 10.3 Å². The number of benzene rings is 1. The van der Waals surface area contributed by atoms with E-state index in [4.69, 9.17) is 0 Å². The first kappa shape index (κ1) is 14.4. The van der Waals surface area contributed by atoms with Crippen LogP contribution in [0.5, 0.6) is 0 Å². The summed E-state index contributed by atoms with van der Waals surface area (Å²) in [4.78, 5) is 28.0. The molecule has 2 aromatic rings. The number of aromatic nitrogens is 2. The summed E-state index contributed by atoms with van der Waals surface area (Å²) in [7, 11) is 0. The number of imidazole rings is 1. The van der Waals surface area contributed by atoms with Crippen molar-refractivity contribution >= 4 is 23.0 Å². The maximum atomic E-state index is 13.1. The lowest BCUT2D eigenvalue weighted by Gasteiger charge is -2.15. The third kappa shape index (κ3) is 2.38. The number of carbonyl (C=O) groups is 2. The Kier molecular flexibility index (Phi) is 3.27. The van der Waals surface area contributed by atoms with Crippen molar-refractivity contribution in [3.05, 3.63) is 30.1 Å². The van der Waals surface area contributed by atoms with E-state index in [1.165, 1.54) is 12.1 Å². The number of hydrogen-bond acceptors (Lipinski definition) is 3. The summed E-state index contributed by atoms with van der Waals surface area (Å²) < 4.78 is 40.1. The van der Waals surface area contributed by atoms with Crippen LogP contribution in [0.15, 0.2) is 24.3 Å². The smallest absolute Gasteiger partial charge is 0.336 e. The van der Waals surface area contributed by atoms with Gasteiger partial charge in [-0.05, 0) is 12.1 Å². The Morgan fingerprint density at radius 2 is 2.05 bits per heavy atom. The second kappa shape index (κ2) is 5.00. The number of urea groups is 1. The van der Waals surface area contributed by atoms with Gasteiger partial charge in [0, 0.05) is 13.1 Å². The molecule has 1 saturated heterocycles. The van der Waals surface area contributed by atoms with Gasteiger partial charge in [-0.1, -0.05) is 12.1 Å². The van der Waals surface area contributed by atoms with Crippen molar-refractivity contribution in [3.63, 3.8) is 0 Å². The van der Waals surface area contributed by atoms with Gasteiger partial charge in [0.1, 0.15) is 6.54 Å². The molecule has 1 aromatic carbocycles. The number of alkyl halides is 3. The molecule has 3 rings (SSSR count). The molecule has 1 aromatic heterocycles. The molecule has 0 radical (unpaired) electrons. The average molecular weight is 312 g/mol. The first-order chi connectivity index (χ1) is 10.4. The van der Waals surface area contributed by atoms with Crippen LogP contribution in [0, 0.1) is 0 Å². The molecule has 1 aliphatic rings. The summed E-state index contributed by atoms with van der Waals surface area (Å²) in [5, 5.41) is 2.43. The fourth-order valence-electron chi connectivity index (χ4n) is 2.38. The van der Waals surface area contributed by atoms with Gasteiger partial charge < -0.3 is 9.88 Å². The normalized spacial score (nSPS) is 15.4. The molecule has 0 aliphatic carbocycles. The number of carbonyl (C=O) groups excluding carboxylic acids is 2. The highest BCUT2D eigenvalue weighted by Gasteiger charge is 2.38. The van der Waals surface area contributed by atoms with Crippen molar-refractivity contribution in [3.8, 4) is 0 Å². The van der Waals surface area contributed by atoms with E-state index in [1.807, 2.05) is 0 Å². The van der Waals surface area contributed by atoms with Crippen LogP contribution in [-0.2, 0) is 17.5 Å². The predicted octanol–water partition coefficient (Wildman–Crippen LogP) is 1.61. The minimum Gasteiger partial charge on any atom is -0.336 e. The number of hydrogen-bond donors (Lipinski definition) is 1. The maximum Gasteiger partial charge on any atom is 0.449 e. The Balaban J connectivity index is 2.01. The molecule has 0 spiro atoms. The molecule has 22 heavy (non-hydrogen) atoms. The molecule has 9 heteroatoms. The van der Waals surface area contributed by atoms with Gasteiger partial charge in [0.25, 0.3) is 5.91 Å². The fourth-order valence-corrected chi connectivity index (χ4v) is 2.38. The second-order valence-electron chi connectivity index (χ2n) is 4.79. The highest BCUT2D eigenvalue weighted by molar-refractivity contribution is 5.96. The quantitative estimate of drug-likeness (QED) is 0.916. The van der Waals surface area contributed by atoms with Gasteiger partial charge in [-0.3, -0.25) is 9.69 Å². The molecule has 3 amide bonds. The molecule has 0 unspecified atom stereocenters. The summed E-state index contributed by atoms with van der Waals surface area (Å²) in [5.41, 5.74) is 0.344. The lowest BCUT2D eigenvalue weighted by Crippen LogP contribution is -2.37. The van der Waals surface area contributed by atoms with Crippen molar-refractivity contribution in [1.82, 2.24) is 19.8 Å². The topological polar surface area (TPSA) is 67.2 Å². The monoisotopic (exact) mass is 312 g/mol. The SMILES string of the molecule is O=C(Cn1c(C(F)(F)F)nc2ccccc21)N1CCNC1=O. The van der Waals surface area contributed by atoms with Crippen molar-refractivity contribution in [1.29, 1.82) is 0 Å². The van der Waals surface area contributed by atoms with Crippen LogP contribution < -0.4 is 5.32 Å². The van der Waals surface area contributed by atoms with Crippen LogP contribution in [-0.4, -0.2) is 39.5 Å². The van der Waals surface area contributed by atoms with Gasteiger partial charge in [0.2, 0.25) is 5.82 Å². The number of amides is 3. The van der Waals surface area contributed by atoms with E-state index in [-0.39, 0.29) is 17.6 Å². The second-order valence-corrected chi connectivity index (χ2v) is 4.79. The molecular formula is C13H11F3N4O2. The largest absolute Gasteiger partial charge is 0.449 e. The van der Waals surface area contributed by atoms with Crippen molar-refractivity contribution < 1.29 is 22.8 Å². The maximum absolute atomic E-state index is 13.1. The molecule has 1 aliphatic heterocycles. The van der Waals surface area contributed by atoms with Gasteiger partial charge >= 0.3 is 12.2 Å². The molecule has 0 saturated carbocycles. The highest BCUT2D eigenvalue weighted by Crippen LogP contribution is 2.31. The summed E-state index contributed by atoms with van der Waals surface area (Å²) in [5.74, 6) is -1.86. The molecule has 2 heterocycles. The zero-order chi connectivity index (χ0) is 15.9. The first-order valence-corrected chi connectivity index (χ1v) is 6.48. The summed E-state index contributed by atoms with van der Waals surface area (Å²) in [6.45, 7) is -0.157. The Hall–Kier alpha value is -2.58. The lowest BCUT2D eigenvalue weighted by molar-refractivity contribution is -0.147. The Bertz CT molecular complexity index is 753. The van der Waals surface area contributed by atoms with Crippen LogP contribution >= 0.6 is 0 Å². The average Bonchev–Trinajstić information content (AvgIpc) is 3.03. The van der Waals surface area contributed by atoms with E-state index in [0.717, 1.165) is 9.47 Å². The molecule has 0 bridgehead atoms. The van der Waals surface area contributed by atoms with E-state index in [9.17, 15) is 22.8 Å². The van der Waals surface area contributed by atoms with Gasteiger partial charge in [-0.2, -0.15) is 13.2 Å². The molecule has 1 fully saturated rings. The molecule has 6 nitrogen and oxygen atoms in total. The molecule has 116 valence electrons. The molecule has 1 N–H and O–H groups in total. The molecule has 0 atom stereocenters. The number of rotatable bonds is 2. The highest BCUT2D eigenvalue weighted by atomic mass is 19.4. The third-order valence-electron chi connectivity index (χ3n) is 3.36. The van der Waals surface area contributed by atoms with Gasteiger partial charge in [0.15, 0.2) is 0 Å². The standard InChI is InChI=1S/C13H11F3N4O2/c14-13(15,16)11-18-8-3-1-2-4-9(8)20(11)7-10(21)19-6-5-17-12(19)22/h1-4H,5-7H2,(H,17,22).